The van der Waals surface area contributed by atoms with Gasteiger partial charge in [-0.15, -0.1) is 0 Å². The van der Waals surface area contributed by atoms with Crippen molar-refractivity contribution in [1.82, 2.24) is 14.7 Å². The fourth-order valence-corrected chi connectivity index (χ4v) is 3.00. The smallest absolute Gasteiger partial charge is 0.260 e. The van der Waals surface area contributed by atoms with E-state index in [4.69, 9.17) is 15.2 Å². The number of hydrogen-bond donors (Lipinski definition) is 1. The highest BCUT2D eigenvalue weighted by molar-refractivity contribution is 5.78. The van der Waals surface area contributed by atoms with E-state index in [1.54, 1.807) is 41.1 Å². The molecular formula is C17H21FN4O3. The van der Waals surface area contributed by atoms with Crippen molar-refractivity contribution in [3.63, 3.8) is 0 Å². The largest absolute Gasteiger partial charge is 0.481 e. The number of para-hydroxylation sites is 1. The molecule has 2 N–H and O–H groups in total. The van der Waals surface area contributed by atoms with Crippen LogP contribution in [0.2, 0.25) is 0 Å². The molecule has 0 unspecified atom stereocenters. The first-order valence-corrected chi connectivity index (χ1v) is 8.05. The molecule has 7 nitrogen and oxygen atoms in total. The van der Waals surface area contributed by atoms with Crippen LogP contribution in [0.1, 0.15) is 6.42 Å². The number of benzene rings is 1. The maximum absolute atomic E-state index is 13.6. The lowest BCUT2D eigenvalue weighted by molar-refractivity contribution is -0.134. The number of carbonyl (C=O) groups is 1. The number of rotatable bonds is 6. The Morgan fingerprint density at radius 3 is 2.88 bits per heavy atom. The van der Waals surface area contributed by atoms with E-state index in [1.165, 1.54) is 12.1 Å². The van der Waals surface area contributed by atoms with Crippen molar-refractivity contribution in [3.8, 4) is 5.75 Å². The zero-order valence-electron chi connectivity index (χ0n) is 14.0. The Balaban J connectivity index is 1.64. The minimum atomic E-state index is -0.491. The first-order chi connectivity index (χ1) is 12.1. The number of likely N-dealkylation sites (tertiary alicyclic amines) is 1. The van der Waals surface area contributed by atoms with Gasteiger partial charge in [0.05, 0.1) is 18.7 Å². The van der Waals surface area contributed by atoms with Crippen LogP contribution < -0.4 is 10.5 Å². The van der Waals surface area contributed by atoms with Gasteiger partial charge in [-0.3, -0.25) is 9.48 Å². The molecular weight excluding hydrogens is 327 g/mol. The Hall–Kier alpha value is -2.61. The molecule has 0 aliphatic carbocycles. The van der Waals surface area contributed by atoms with E-state index in [1.807, 2.05) is 0 Å². The van der Waals surface area contributed by atoms with Gasteiger partial charge in [-0.2, -0.15) is 5.10 Å². The summed E-state index contributed by atoms with van der Waals surface area (Å²) in [4.78, 5) is 14.3. The third-order valence-corrected chi connectivity index (χ3v) is 4.28. The van der Waals surface area contributed by atoms with Crippen LogP contribution in [0.4, 0.5) is 10.2 Å². The Kier molecular flexibility index (Phi) is 5.18. The predicted octanol–water partition coefficient (Wildman–Crippen LogP) is 1.30. The van der Waals surface area contributed by atoms with Crippen LogP contribution in [-0.4, -0.2) is 53.0 Å². The number of halogens is 1. The summed E-state index contributed by atoms with van der Waals surface area (Å²) in [6.07, 6.45) is 2.42. The number of anilines is 1. The van der Waals surface area contributed by atoms with E-state index in [0.717, 1.165) is 0 Å². The highest BCUT2D eigenvalue weighted by Gasteiger charge is 2.35. The third kappa shape index (κ3) is 4.08. The van der Waals surface area contributed by atoms with Gasteiger partial charge in [0.1, 0.15) is 5.82 Å². The van der Waals surface area contributed by atoms with E-state index in [0.29, 0.717) is 25.3 Å². The zero-order valence-corrected chi connectivity index (χ0v) is 14.0. The standard InChI is InChI=1S/C17H21FN4O3/c1-24-13-8-12(9-21-7-6-16(19)20-21)22(10-13)17(23)11-25-15-5-3-2-4-14(15)18/h2-7,12-13H,8-11H2,1H3,(H2,19,20)/t12-,13-/m0/s1. The van der Waals surface area contributed by atoms with E-state index < -0.39 is 5.82 Å². The molecule has 0 spiro atoms. The molecule has 0 saturated carbocycles. The molecule has 2 heterocycles. The average Bonchev–Trinajstić information content (AvgIpc) is 3.20. The molecule has 0 bridgehead atoms. The maximum atomic E-state index is 13.6. The average molecular weight is 348 g/mol. The molecule has 1 fully saturated rings. The highest BCUT2D eigenvalue weighted by atomic mass is 19.1. The van der Waals surface area contributed by atoms with Gasteiger partial charge in [-0.1, -0.05) is 12.1 Å². The normalized spacial score (nSPS) is 20.0. The van der Waals surface area contributed by atoms with Crippen molar-refractivity contribution in [1.29, 1.82) is 0 Å². The predicted molar refractivity (Wildman–Crippen MR) is 89.4 cm³/mol. The Labute approximate surface area is 145 Å². The van der Waals surface area contributed by atoms with Gasteiger partial charge in [0.15, 0.2) is 18.2 Å². The lowest BCUT2D eigenvalue weighted by atomic mass is 10.2. The second kappa shape index (κ2) is 7.52. The molecule has 2 atom stereocenters. The molecule has 2 aromatic rings. The lowest BCUT2D eigenvalue weighted by Gasteiger charge is -2.24. The van der Waals surface area contributed by atoms with Gasteiger partial charge in [-0.25, -0.2) is 4.39 Å². The minimum absolute atomic E-state index is 0.0460. The van der Waals surface area contributed by atoms with Crippen molar-refractivity contribution in [2.45, 2.75) is 25.1 Å². The van der Waals surface area contributed by atoms with Crippen molar-refractivity contribution in [2.24, 2.45) is 0 Å². The van der Waals surface area contributed by atoms with Crippen LogP contribution in [0.3, 0.4) is 0 Å². The van der Waals surface area contributed by atoms with Gasteiger partial charge < -0.3 is 20.1 Å². The summed E-state index contributed by atoms with van der Waals surface area (Å²) in [6, 6.07) is 7.64. The molecule has 0 radical (unpaired) electrons. The topological polar surface area (TPSA) is 82.6 Å². The number of carbonyl (C=O) groups excluding carboxylic acids is 1. The molecule has 134 valence electrons. The Morgan fingerprint density at radius 1 is 1.40 bits per heavy atom. The number of nitrogen functional groups attached to an aromatic ring is 1. The highest BCUT2D eigenvalue weighted by Crippen LogP contribution is 2.22. The van der Waals surface area contributed by atoms with Crippen molar-refractivity contribution >= 4 is 11.7 Å². The fourth-order valence-electron chi connectivity index (χ4n) is 3.00. The first kappa shape index (κ1) is 17.2. The summed E-state index contributed by atoms with van der Waals surface area (Å²) in [5.74, 6) is -0.209. The van der Waals surface area contributed by atoms with Crippen LogP contribution in [0.5, 0.6) is 5.75 Å². The second-order valence-electron chi connectivity index (χ2n) is 5.98. The van der Waals surface area contributed by atoms with Crippen LogP contribution >= 0.6 is 0 Å². The van der Waals surface area contributed by atoms with Crippen molar-refractivity contribution in [2.75, 3.05) is 26.0 Å². The molecule has 1 saturated heterocycles. The van der Waals surface area contributed by atoms with E-state index >= 15 is 0 Å². The number of amides is 1. The number of hydrogen-bond acceptors (Lipinski definition) is 5. The number of aromatic nitrogens is 2. The number of ether oxygens (including phenoxy) is 2. The molecule has 1 aromatic carbocycles. The molecule has 1 aliphatic rings. The number of nitrogens with zero attached hydrogens (tertiary/aromatic N) is 3. The summed E-state index contributed by atoms with van der Waals surface area (Å²) in [6.45, 7) is 0.759. The van der Waals surface area contributed by atoms with E-state index in [2.05, 4.69) is 5.10 Å². The summed E-state index contributed by atoms with van der Waals surface area (Å²) < 4.78 is 26.0. The molecule has 1 aromatic heterocycles. The first-order valence-electron chi connectivity index (χ1n) is 8.05. The van der Waals surface area contributed by atoms with Gasteiger partial charge in [0.25, 0.3) is 5.91 Å². The van der Waals surface area contributed by atoms with Crippen LogP contribution in [0.25, 0.3) is 0 Å². The maximum Gasteiger partial charge on any atom is 0.260 e. The van der Waals surface area contributed by atoms with E-state index in [-0.39, 0.29) is 30.4 Å². The number of nitrogens with two attached hydrogens (primary N) is 1. The molecule has 8 heteroatoms. The zero-order chi connectivity index (χ0) is 17.8. The molecule has 3 rings (SSSR count). The summed E-state index contributed by atoms with van der Waals surface area (Å²) >= 11 is 0. The van der Waals surface area contributed by atoms with Crippen LogP contribution in [-0.2, 0) is 16.1 Å². The third-order valence-electron chi connectivity index (χ3n) is 4.28. The summed E-state index contributed by atoms with van der Waals surface area (Å²) in [5.41, 5.74) is 5.63. The van der Waals surface area contributed by atoms with Crippen molar-refractivity contribution in [3.05, 3.63) is 42.3 Å². The number of methoxy groups -OCH3 is 1. The SMILES string of the molecule is CO[C@H]1C[C@@H](Cn2ccc(N)n2)N(C(=O)COc2ccccc2F)C1. The fraction of sp³-hybridized carbons (Fsp3) is 0.412. The monoisotopic (exact) mass is 348 g/mol. The molecule has 25 heavy (non-hydrogen) atoms. The van der Waals surface area contributed by atoms with Crippen molar-refractivity contribution < 1.29 is 18.7 Å². The summed E-state index contributed by atoms with van der Waals surface area (Å²) in [7, 11) is 1.62. The van der Waals surface area contributed by atoms with Crippen LogP contribution in [0.15, 0.2) is 36.5 Å². The van der Waals surface area contributed by atoms with Gasteiger partial charge >= 0.3 is 0 Å². The minimum Gasteiger partial charge on any atom is -0.481 e. The lowest BCUT2D eigenvalue weighted by Crippen LogP contribution is -2.41. The second-order valence-corrected chi connectivity index (χ2v) is 5.98. The van der Waals surface area contributed by atoms with Gasteiger partial charge in [0, 0.05) is 19.9 Å². The molecule has 1 amide bonds. The van der Waals surface area contributed by atoms with Gasteiger partial charge in [-0.05, 0) is 24.6 Å². The molecule has 1 aliphatic heterocycles. The van der Waals surface area contributed by atoms with E-state index in [9.17, 15) is 9.18 Å². The Morgan fingerprint density at radius 2 is 2.20 bits per heavy atom. The quantitative estimate of drug-likeness (QED) is 0.851. The summed E-state index contributed by atoms with van der Waals surface area (Å²) in [5, 5.41) is 4.16. The van der Waals surface area contributed by atoms with Gasteiger partial charge in [0.2, 0.25) is 0 Å². The Bertz CT molecular complexity index is 736. The van der Waals surface area contributed by atoms with Crippen LogP contribution in [0, 0.1) is 5.82 Å².